The monoisotopic (exact) mass is 248 g/mol. The smallest absolute Gasteiger partial charge is 0.343 e. The van der Waals surface area contributed by atoms with E-state index in [1.165, 1.54) is 7.11 Å². The highest BCUT2D eigenvalue weighted by Crippen LogP contribution is 2.31. The van der Waals surface area contributed by atoms with Crippen LogP contribution in [0, 0.1) is 0 Å². The molecule has 0 aliphatic carbocycles. The number of benzene rings is 1. The van der Waals surface area contributed by atoms with E-state index in [4.69, 9.17) is 13.9 Å². The van der Waals surface area contributed by atoms with Gasteiger partial charge in [0.15, 0.2) is 11.5 Å². The fraction of sp³-hybridized carbons (Fsp3) is 0.357. The molecule has 0 saturated carbocycles. The summed E-state index contributed by atoms with van der Waals surface area (Å²) in [5, 5.41) is 1.32. The highest BCUT2D eigenvalue weighted by Gasteiger charge is 2.10. The second-order valence-corrected chi connectivity index (χ2v) is 4.04. The largest absolute Gasteiger partial charge is 0.493 e. The molecule has 0 aliphatic rings. The van der Waals surface area contributed by atoms with E-state index >= 15 is 0 Å². The van der Waals surface area contributed by atoms with Crippen LogP contribution in [0.5, 0.6) is 11.5 Å². The highest BCUT2D eigenvalue weighted by atomic mass is 16.5. The predicted molar refractivity (Wildman–Crippen MR) is 69.6 cm³/mol. The molecule has 96 valence electrons. The van der Waals surface area contributed by atoms with Crippen molar-refractivity contribution in [2.24, 2.45) is 0 Å². The maximum atomic E-state index is 11.9. The van der Waals surface area contributed by atoms with Crippen LogP contribution in [0.4, 0.5) is 0 Å². The molecule has 1 aromatic carbocycles. The van der Waals surface area contributed by atoms with Gasteiger partial charge in [-0.1, -0.05) is 6.92 Å². The van der Waals surface area contributed by atoms with Gasteiger partial charge in [0.05, 0.1) is 19.6 Å². The van der Waals surface area contributed by atoms with E-state index in [2.05, 4.69) is 0 Å². The summed E-state index contributed by atoms with van der Waals surface area (Å²) in [6.45, 7) is 2.04. The van der Waals surface area contributed by atoms with Gasteiger partial charge in [0, 0.05) is 6.42 Å². The molecule has 0 spiro atoms. The van der Waals surface area contributed by atoms with Crippen molar-refractivity contribution in [1.29, 1.82) is 0 Å². The lowest BCUT2D eigenvalue weighted by atomic mass is 10.1. The van der Waals surface area contributed by atoms with E-state index in [0.29, 0.717) is 22.6 Å². The molecule has 1 aromatic heterocycles. The number of rotatable bonds is 4. The molecule has 2 aromatic rings. The average molecular weight is 248 g/mol. The second-order valence-electron chi connectivity index (χ2n) is 4.04. The summed E-state index contributed by atoms with van der Waals surface area (Å²) in [6.07, 6.45) is 1.68. The summed E-state index contributed by atoms with van der Waals surface area (Å²) in [7, 11) is 3.11. The van der Waals surface area contributed by atoms with Gasteiger partial charge in [-0.15, -0.1) is 0 Å². The van der Waals surface area contributed by atoms with Crippen molar-refractivity contribution >= 4 is 10.8 Å². The van der Waals surface area contributed by atoms with Crippen LogP contribution >= 0.6 is 0 Å². The Kier molecular flexibility index (Phi) is 3.55. The number of hydrogen-bond acceptors (Lipinski definition) is 4. The van der Waals surface area contributed by atoms with Gasteiger partial charge in [-0.05, 0) is 30.0 Å². The number of fused-ring (bicyclic) bond motifs is 1. The first-order valence-electron chi connectivity index (χ1n) is 5.88. The van der Waals surface area contributed by atoms with E-state index in [-0.39, 0.29) is 5.63 Å². The van der Waals surface area contributed by atoms with Crippen LogP contribution < -0.4 is 15.1 Å². The normalized spacial score (nSPS) is 10.6. The molecule has 4 heteroatoms. The molecule has 0 N–H and O–H groups in total. The van der Waals surface area contributed by atoms with Gasteiger partial charge in [-0.25, -0.2) is 4.79 Å². The van der Waals surface area contributed by atoms with Crippen molar-refractivity contribution in [3.8, 4) is 11.5 Å². The van der Waals surface area contributed by atoms with E-state index < -0.39 is 0 Å². The number of hydrogen-bond donors (Lipinski definition) is 0. The van der Waals surface area contributed by atoms with Crippen LogP contribution in [-0.4, -0.2) is 14.2 Å². The maximum Gasteiger partial charge on any atom is 0.343 e. The Morgan fingerprint density at radius 3 is 2.39 bits per heavy atom. The zero-order valence-electron chi connectivity index (χ0n) is 10.8. The van der Waals surface area contributed by atoms with Gasteiger partial charge in [0.25, 0.3) is 0 Å². The fourth-order valence-corrected chi connectivity index (χ4v) is 1.94. The standard InChI is InChI=1S/C14H16O4/c1-4-5-10-6-9-7-12(16-2)13(17-3)8-11(9)14(15)18-10/h6-8H,4-5H2,1-3H3. The molecule has 0 saturated heterocycles. The Morgan fingerprint density at radius 1 is 1.11 bits per heavy atom. The molecular weight excluding hydrogens is 232 g/mol. The van der Waals surface area contributed by atoms with E-state index in [1.807, 2.05) is 13.0 Å². The highest BCUT2D eigenvalue weighted by molar-refractivity contribution is 5.85. The number of ether oxygens (including phenoxy) is 2. The number of methoxy groups -OCH3 is 2. The third-order valence-corrected chi connectivity index (χ3v) is 2.81. The lowest BCUT2D eigenvalue weighted by Crippen LogP contribution is -2.03. The van der Waals surface area contributed by atoms with Crippen molar-refractivity contribution in [2.75, 3.05) is 14.2 Å². The van der Waals surface area contributed by atoms with E-state index in [0.717, 1.165) is 18.2 Å². The van der Waals surface area contributed by atoms with Gasteiger partial charge >= 0.3 is 5.63 Å². The maximum absolute atomic E-state index is 11.9. The molecule has 0 fully saturated rings. The summed E-state index contributed by atoms with van der Waals surface area (Å²) >= 11 is 0. The van der Waals surface area contributed by atoms with E-state index in [1.54, 1.807) is 19.2 Å². The Bertz CT molecular complexity index is 613. The molecule has 4 nitrogen and oxygen atoms in total. The Balaban J connectivity index is 2.68. The van der Waals surface area contributed by atoms with Crippen molar-refractivity contribution in [3.05, 3.63) is 34.4 Å². The van der Waals surface area contributed by atoms with E-state index in [9.17, 15) is 4.79 Å². The van der Waals surface area contributed by atoms with Crippen molar-refractivity contribution in [3.63, 3.8) is 0 Å². The zero-order chi connectivity index (χ0) is 13.1. The minimum absolute atomic E-state index is 0.336. The lowest BCUT2D eigenvalue weighted by molar-refractivity contribution is 0.355. The molecule has 18 heavy (non-hydrogen) atoms. The summed E-state index contributed by atoms with van der Waals surface area (Å²) in [4.78, 5) is 11.9. The van der Waals surface area contributed by atoms with Crippen LogP contribution in [0.3, 0.4) is 0 Å². The first kappa shape index (κ1) is 12.5. The third kappa shape index (κ3) is 2.18. The fourth-order valence-electron chi connectivity index (χ4n) is 1.94. The van der Waals surface area contributed by atoms with Crippen LogP contribution in [0.25, 0.3) is 10.8 Å². The topological polar surface area (TPSA) is 48.7 Å². The summed E-state index contributed by atoms with van der Waals surface area (Å²) in [5.74, 6) is 1.83. The van der Waals surface area contributed by atoms with Gasteiger partial charge in [-0.2, -0.15) is 0 Å². The van der Waals surface area contributed by atoms with Crippen molar-refractivity contribution in [2.45, 2.75) is 19.8 Å². The van der Waals surface area contributed by atoms with Gasteiger partial charge in [0.1, 0.15) is 5.76 Å². The summed E-state index contributed by atoms with van der Waals surface area (Å²) in [5.41, 5.74) is -0.336. The van der Waals surface area contributed by atoms with Gasteiger partial charge in [-0.3, -0.25) is 0 Å². The van der Waals surface area contributed by atoms with Gasteiger partial charge < -0.3 is 13.9 Å². The Labute approximate surface area is 105 Å². The number of aryl methyl sites for hydroxylation is 1. The van der Waals surface area contributed by atoms with Crippen LogP contribution in [0.1, 0.15) is 19.1 Å². The molecular formula is C14H16O4. The first-order chi connectivity index (χ1) is 8.69. The third-order valence-electron chi connectivity index (χ3n) is 2.81. The lowest BCUT2D eigenvalue weighted by Gasteiger charge is -2.09. The molecule has 0 amide bonds. The average Bonchev–Trinajstić information content (AvgIpc) is 2.37. The molecule has 0 bridgehead atoms. The van der Waals surface area contributed by atoms with Crippen LogP contribution in [-0.2, 0) is 6.42 Å². The minimum atomic E-state index is -0.336. The quantitative estimate of drug-likeness (QED) is 0.834. The first-order valence-corrected chi connectivity index (χ1v) is 5.88. The zero-order valence-corrected chi connectivity index (χ0v) is 10.8. The SMILES string of the molecule is CCCc1cc2cc(OC)c(OC)cc2c(=O)o1. The van der Waals surface area contributed by atoms with Crippen molar-refractivity contribution in [1.82, 2.24) is 0 Å². The summed E-state index contributed by atoms with van der Waals surface area (Å²) in [6, 6.07) is 5.32. The van der Waals surface area contributed by atoms with Crippen LogP contribution in [0.15, 0.2) is 27.4 Å². The van der Waals surface area contributed by atoms with Gasteiger partial charge in [0.2, 0.25) is 0 Å². The van der Waals surface area contributed by atoms with Crippen molar-refractivity contribution < 1.29 is 13.9 Å². The molecule has 0 atom stereocenters. The molecule has 1 heterocycles. The minimum Gasteiger partial charge on any atom is -0.493 e. The van der Waals surface area contributed by atoms with Crippen LogP contribution in [0.2, 0.25) is 0 Å². The predicted octanol–water partition coefficient (Wildman–Crippen LogP) is 2.76. The molecule has 0 aliphatic heterocycles. The summed E-state index contributed by atoms with van der Waals surface area (Å²) < 4.78 is 15.6. The Morgan fingerprint density at radius 2 is 1.78 bits per heavy atom. The molecule has 2 rings (SSSR count). The molecule has 0 radical (unpaired) electrons. The Hall–Kier alpha value is -1.97. The second kappa shape index (κ2) is 5.12. The molecule has 0 unspecified atom stereocenters.